The molecule has 0 aliphatic heterocycles. The molecular weight excluding hydrogens is 316 g/mol. The summed E-state index contributed by atoms with van der Waals surface area (Å²) in [4.78, 5) is 11.5. The number of halogens is 1. The number of nitrogens with one attached hydrogen (secondary N) is 2. The molecule has 2 rings (SSSR count). The lowest BCUT2D eigenvalue weighted by molar-refractivity contribution is -0.121. The third-order valence-electron chi connectivity index (χ3n) is 3.71. The molecule has 0 bridgehead atoms. The van der Waals surface area contributed by atoms with Crippen LogP contribution in [0.25, 0.3) is 0 Å². The van der Waals surface area contributed by atoms with Crippen molar-refractivity contribution in [1.82, 2.24) is 10.6 Å². The average molecular weight is 339 g/mol. The molecule has 1 aromatic carbocycles. The van der Waals surface area contributed by atoms with Crippen LogP contribution in [0.1, 0.15) is 44.6 Å². The lowest BCUT2D eigenvalue weighted by atomic mass is 9.76. The van der Waals surface area contributed by atoms with Gasteiger partial charge in [0.15, 0.2) is 0 Å². The quantitative estimate of drug-likeness (QED) is 0.836. The van der Waals surface area contributed by atoms with Gasteiger partial charge >= 0.3 is 0 Å². The minimum absolute atomic E-state index is 0.135. The van der Waals surface area contributed by atoms with Crippen LogP contribution in [0, 0.1) is 0 Å². The van der Waals surface area contributed by atoms with E-state index in [-0.39, 0.29) is 11.9 Å². The van der Waals surface area contributed by atoms with Crippen LogP contribution < -0.4 is 10.6 Å². The smallest absolute Gasteiger partial charge is 0.221 e. The first-order valence-electron chi connectivity index (χ1n) is 7.33. The van der Waals surface area contributed by atoms with Gasteiger partial charge in [-0.25, -0.2) is 0 Å². The number of carbonyl (C=O) groups excluding carboxylic acids is 1. The first-order valence-corrected chi connectivity index (χ1v) is 8.12. The van der Waals surface area contributed by atoms with Gasteiger partial charge in [-0.15, -0.1) is 0 Å². The fourth-order valence-electron chi connectivity index (χ4n) is 2.58. The van der Waals surface area contributed by atoms with E-state index in [2.05, 4.69) is 50.8 Å². The summed E-state index contributed by atoms with van der Waals surface area (Å²) in [6.07, 6.45) is 2.92. The molecule has 0 unspecified atom stereocenters. The molecule has 110 valence electrons. The van der Waals surface area contributed by atoms with E-state index in [1.165, 1.54) is 18.4 Å². The summed E-state index contributed by atoms with van der Waals surface area (Å²) in [6, 6.07) is 9.39. The Balaban J connectivity index is 1.62. The van der Waals surface area contributed by atoms with Crippen LogP contribution in [-0.4, -0.2) is 24.5 Å². The van der Waals surface area contributed by atoms with Crippen molar-refractivity contribution in [2.75, 3.05) is 6.54 Å². The van der Waals surface area contributed by atoms with Gasteiger partial charge < -0.3 is 10.6 Å². The largest absolute Gasteiger partial charge is 0.354 e. The molecule has 4 heteroatoms. The molecule has 20 heavy (non-hydrogen) atoms. The van der Waals surface area contributed by atoms with Crippen LogP contribution in [0.4, 0.5) is 0 Å². The van der Waals surface area contributed by atoms with Crippen molar-refractivity contribution in [1.29, 1.82) is 0 Å². The molecule has 0 spiro atoms. The van der Waals surface area contributed by atoms with Crippen molar-refractivity contribution in [3.05, 3.63) is 34.3 Å². The zero-order chi connectivity index (χ0) is 14.5. The first kappa shape index (κ1) is 15.5. The average Bonchev–Trinajstić information content (AvgIpc) is 2.33. The van der Waals surface area contributed by atoms with Gasteiger partial charge in [-0.3, -0.25) is 4.79 Å². The molecule has 1 aliphatic rings. The number of rotatable bonds is 6. The predicted octanol–water partition coefficient (Wildman–Crippen LogP) is 3.20. The van der Waals surface area contributed by atoms with Crippen molar-refractivity contribution in [3.63, 3.8) is 0 Å². The van der Waals surface area contributed by atoms with Crippen molar-refractivity contribution in [2.24, 2.45) is 0 Å². The summed E-state index contributed by atoms with van der Waals surface area (Å²) in [5, 5.41) is 6.37. The van der Waals surface area contributed by atoms with Crippen LogP contribution in [0.15, 0.2) is 28.7 Å². The Morgan fingerprint density at radius 1 is 1.30 bits per heavy atom. The van der Waals surface area contributed by atoms with E-state index in [4.69, 9.17) is 0 Å². The molecule has 0 aromatic heterocycles. The molecule has 0 atom stereocenters. The molecular formula is C16H23BrN2O. The van der Waals surface area contributed by atoms with Crippen LogP contribution in [-0.2, 0) is 4.79 Å². The highest BCUT2D eigenvalue weighted by atomic mass is 79.9. The standard InChI is InChI=1S/C16H23BrN2O/c1-11(2)19-16(20)7-8-18-15-9-13(10-15)12-3-5-14(17)6-4-12/h3-6,11,13,15,18H,7-10H2,1-2H3,(H,19,20). The second kappa shape index (κ2) is 7.23. The molecule has 1 aliphatic carbocycles. The highest BCUT2D eigenvalue weighted by molar-refractivity contribution is 9.10. The fraction of sp³-hybridized carbons (Fsp3) is 0.562. The third-order valence-corrected chi connectivity index (χ3v) is 4.24. The van der Waals surface area contributed by atoms with E-state index in [1.807, 2.05) is 13.8 Å². The Kier molecular flexibility index (Phi) is 5.61. The van der Waals surface area contributed by atoms with Crippen LogP contribution in [0.3, 0.4) is 0 Å². The third kappa shape index (κ3) is 4.60. The van der Waals surface area contributed by atoms with E-state index in [9.17, 15) is 4.79 Å². The molecule has 1 aromatic rings. The van der Waals surface area contributed by atoms with Gasteiger partial charge in [0.1, 0.15) is 0 Å². The van der Waals surface area contributed by atoms with E-state index in [1.54, 1.807) is 0 Å². The van der Waals surface area contributed by atoms with Gasteiger partial charge in [0, 0.05) is 29.5 Å². The van der Waals surface area contributed by atoms with Crippen molar-refractivity contribution < 1.29 is 4.79 Å². The summed E-state index contributed by atoms with van der Waals surface area (Å²) in [5.41, 5.74) is 1.42. The van der Waals surface area contributed by atoms with E-state index in [0.29, 0.717) is 18.4 Å². The highest BCUT2D eigenvalue weighted by Crippen LogP contribution is 2.37. The number of hydrogen-bond donors (Lipinski definition) is 2. The van der Waals surface area contributed by atoms with Crippen molar-refractivity contribution >= 4 is 21.8 Å². The minimum atomic E-state index is 0.135. The summed E-state index contributed by atoms with van der Waals surface area (Å²) < 4.78 is 1.13. The Labute approximate surface area is 129 Å². The molecule has 3 nitrogen and oxygen atoms in total. The second-order valence-corrected chi connectivity index (χ2v) is 6.76. The predicted molar refractivity (Wildman–Crippen MR) is 85.8 cm³/mol. The first-order chi connectivity index (χ1) is 9.54. The zero-order valence-electron chi connectivity index (χ0n) is 12.2. The second-order valence-electron chi connectivity index (χ2n) is 5.84. The van der Waals surface area contributed by atoms with Crippen LogP contribution in [0.2, 0.25) is 0 Å². The van der Waals surface area contributed by atoms with Gasteiger partial charge in [0.05, 0.1) is 0 Å². The number of amides is 1. The molecule has 0 radical (unpaired) electrons. The van der Waals surface area contributed by atoms with Crippen molar-refractivity contribution in [2.45, 2.75) is 51.1 Å². The maximum absolute atomic E-state index is 11.5. The van der Waals surface area contributed by atoms with Crippen LogP contribution in [0.5, 0.6) is 0 Å². The SMILES string of the molecule is CC(C)NC(=O)CCNC1CC(c2ccc(Br)cc2)C1. The number of benzene rings is 1. The Morgan fingerprint density at radius 3 is 2.55 bits per heavy atom. The Bertz CT molecular complexity index is 438. The minimum Gasteiger partial charge on any atom is -0.354 e. The lowest BCUT2D eigenvalue weighted by Gasteiger charge is -2.36. The van der Waals surface area contributed by atoms with Crippen LogP contribution >= 0.6 is 15.9 Å². The Hall–Kier alpha value is -0.870. The molecule has 1 fully saturated rings. The van der Waals surface area contributed by atoms with Gasteiger partial charge in [0.25, 0.3) is 0 Å². The monoisotopic (exact) mass is 338 g/mol. The summed E-state index contributed by atoms with van der Waals surface area (Å²) in [7, 11) is 0. The van der Waals surface area contributed by atoms with E-state index < -0.39 is 0 Å². The molecule has 0 saturated heterocycles. The van der Waals surface area contributed by atoms with Gasteiger partial charge in [-0.1, -0.05) is 28.1 Å². The fourth-order valence-corrected chi connectivity index (χ4v) is 2.84. The van der Waals surface area contributed by atoms with Gasteiger partial charge in [-0.2, -0.15) is 0 Å². The van der Waals surface area contributed by atoms with Gasteiger partial charge in [-0.05, 0) is 50.3 Å². The molecule has 1 saturated carbocycles. The highest BCUT2D eigenvalue weighted by Gasteiger charge is 2.29. The maximum Gasteiger partial charge on any atom is 0.221 e. The molecule has 0 heterocycles. The lowest BCUT2D eigenvalue weighted by Crippen LogP contribution is -2.42. The van der Waals surface area contributed by atoms with Gasteiger partial charge in [0.2, 0.25) is 5.91 Å². The molecule has 2 N–H and O–H groups in total. The Morgan fingerprint density at radius 2 is 1.95 bits per heavy atom. The molecule has 1 amide bonds. The van der Waals surface area contributed by atoms with Crippen molar-refractivity contribution in [3.8, 4) is 0 Å². The van der Waals surface area contributed by atoms with E-state index in [0.717, 1.165) is 11.0 Å². The maximum atomic E-state index is 11.5. The summed E-state index contributed by atoms with van der Waals surface area (Å²) in [5.74, 6) is 0.807. The topological polar surface area (TPSA) is 41.1 Å². The number of hydrogen-bond acceptors (Lipinski definition) is 2. The summed E-state index contributed by atoms with van der Waals surface area (Å²) in [6.45, 7) is 4.75. The van der Waals surface area contributed by atoms with E-state index >= 15 is 0 Å². The summed E-state index contributed by atoms with van der Waals surface area (Å²) >= 11 is 3.46. The normalized spacial score (nSPS) is 21.6. The number of carbonyl (C=O) groups is 1. The zero-order valence-corrected chi connectivity index (χ0v) is 13.7.